The van der Waals surface area contributed by atoms with Gasteiger partial charge in [0.1, 0.15) is 0 Å². The van der Waals surface area contributed by atoms with Crippen molar-refractivity contribution in [1.29, 1.82) is 0 Å². The first-order chi connectivity index (χ1) is 6.33. The highest BCUT2D eigenvalue weighted by Gasteiger charge is 1.96. The number of thiophene rings is 1. The van der Waals surface area contributed by atoms with Crippen LogP contribution in [-0.2, 0) is 11.3 Å². The first kappa shape index (κ1) is 11.2. The van der Waals surface area contributed by atoms with E-state index < -0.39 is 0 Å². The number of halogens is 1. The molecule has 0 radical (unpaired) electrons. The quantitative estimate of drug-likeness (QED) is 0.698. The van der Waals surface area contributed by atoms with Gasteiger partial charge in [0.25, 0.3) is 0 Å². The van der Waals surface area contributed by atoms with Gasteiger partial charge < -0.3 is 4.74 Å². The topological polar surface area (TPSA) is 9.23 Å². The lowest BCUT2D eigenvalue weighted by Crippen LogP contribution is -1.93. The van der Waals surface area contributed by atoms with Gasteiger partial charge in [0.2, 0.25) is 0 Å². The van der Waals surface area contributed by atoms with Crippen LogP contribution in [-0.4, -0.2) is 6.61 Å². The molecule has 1 aromatic rings. The molecule has 1 aromatic heterocycles. The van der Waals surface area contributed by atoms with Gasteiger partial charge in [-0.25, -0.2) is 0 Å². The van der Waals surface area contributed by atoms with E-state index in [0.717, 1.165) is 17.7 Å². The molecule has 1 rings (SSSR count). The van der Waals surface area contributed by atoms with Gasteiger partial charge in [-0.2, -0.15) is 0 Å². The Labute approximate surface area is 92.2 Å². The summed E-state index contributed by atoms with van der Waals surface area (Å²) < 4.78 is 6.68. The van der Waals surface area contributed by atoms with Crippen LogP contribution in [0, 0.1) is 0 Å². The van der Waals surface area contributed by atoms with E-state index in [1.807, 2.05) is 0 Å². The van der Waals surface area contributed by atoms with Crippen molar-refractivity contribution in [3.63, 3.8) is 0 Å². The summed E-state index contributed by atoms with van der Waals surface area (Å²) in [7, 11) is 0. The van der Waals surface area contributed by atoms with Crippen LogP contribution in [0.5, 0.6) is 0 Å². The maximum atomic E-state index is 5.52. The molecule has 1 heterocycles. The van der Waals surface area contributed by atoms with Gasteiger partial charge in [-0.3, -0.25) is 0 Å². The molecule has 0 saturated heterocycles. The van der Waals surface area contributed by atoms with Crippen molar-refractivity contribution in [2.45, 2.75) is 32.8 Å². The van der Waals surface area contributed by atoms with Crippen LogP contribution in [0.4, 0.5) is 0 Å². The van der Waals surface area contributed by atoms with Gasteiger partial charge in [-0.05, 0) is 28.4 Å². The first-order valence-electron chi connectivity index (χ1n) is 4.63. The highest BCUT2D eigenvalue weighted by Crippen LogP contribution is 2.20. The summed E-state index contributed by atoms with van der Waals surface area (Å²) in [5.41, 5.74) is 0. The fourth-order valence-corrected chi connectivity index (χ4v) is 2.44. The average molecular weight is 263 g/mol. The van der Waals surface area contributed by atoms with E-state index in [-0.39, 0.29) is 0 Å². The molecule has 13 heavy (non-hydrogen) atoms. The Morgan fingerprint density at radius 2 is 2.31 bits per heavy atom. The maximum Gasteiger partial charge on any atom is 0.0809 e. The standard InChI is InChI=1S/C10H15BrOS/c1-2-3-4-5-12-7-10-6-9(11)8-13-10/h6,8H,2-5,7H2,1H3. The lowest BCUT2D eigenvalue weighted by molar-refractivity contribution is 0.119. The van der Waals surface area contributed by atoms with Gasteiger partial charge >= 0.3 is 0 Å². The Bertz CT molecular complexity index is 235. The molecule has 0 unspecified atom stereocenters. The Hall–Kier alpha value is 0.140. The van der Waals surface area contributed by atoms with E-state index in [2.05, 4.69) is 34.3 Å². The molecular formula is C10H15BrOS. The average Bonchev–Trinajstić information content (AvgIpc) is 2.51. The molecule has 0 saturated carbocycles. The molecule has 74 valence electrons. The minimum Gasteiger partial charge on any atom is -0.376 e. The fourth-order valence-electron chi connectivity index (χ4n) is 1.06. The van der Waals surface area contributed by atoms with Crippen LogP contribution >= 0.6 is 27.3 Å². The van der Waals surface area contributed by atoms with E-state index in [4.69, 9.17) is 4.74 Å². The van der Waals surface area contributed by atoms with E-state index in [1.165, 1.54) is 24.1 Å². The zero-order chi connectivity index (χ0) is 9.52. The van der Waals surface area contributed by atoms with Crippen LogP contribution in [0.25, 0.3) is 0 Å². The van der Waals surface area contributed by atoms with E-state index in [0.29, 0.717) is 0 Å². The zero-order valence-electron chi connectivity index (χ0n) is 7.88. The summed E-state index contributed by atoms with van der Waals surface area (Å²) in [6.07, 6.45) is 3.71. The van der Waals surface area contributed by atoms with E-state index >= 15 is 0 Å². The Balaban J connectivity index is 2.06. The van der Waals surface area contributed by atoms with Gasteiger partial charge in [0, 0.05) is 21.3 Å². The highest BCUT2D eigenvalue weighted by atomic mass is 79.9. The van der Waals surface area contributed by atoms with Crippen molar-refractivity contribution >= 4 is 27.3 Å². The molecule has 0 aromatic carbocycles. The summed E-state index contributed by atoms with van der Waals surface area (Å²) in [5.74, 6) is 0. The third-order valence-corrected chi connectivity index (χ3v) is 3.43. The summed E-state index contributed by atoms with van der Waals surface area (Å²) in [6.45, 7) is 3.86. The Morgan fingerprint density at radius 1 is 1.46 bits per heavy atom. The number of unbranched alkanes of at least 4 members (excludes halogenated alkanes) is 2. The minimum absolute atomic E-state index is 0.764. The smallest absolute Gasteiger partial charge is 0.0809 e. The second kappa shape index (κ2) is 6.57. The lowest BCUT2D eigenvalue weighted by atomic mass is 10.3. The monoisotopic (exact) mass is 262 g/mol. The Kier molecular flexibility index (Phi) is 5.67. The van der Waals surface area contributed by atoms with Crippen LogP contribution in [0.2, 0.25) is 0 Å². The molecule has 0 fully saturated rings. The summed E-state index contributed by atoms with van der Waals surface area (Å²) in [6, 6.07) is 2.12. The van der Waals surface area contributed by atoms with Gasteiger partial charge in [0.05, 0.1) is 6.61 Å². The normalized spacial score (nSPS) is 10.6. The second-order valence-corrected chi connectivity index (χ2v) is 4.90. The highest BCUT2D eigenvalue weighted by molar-refractivity contribution is 9.10. The molecule has 1 nitrogen and oxygen atoms in total. The largest absolute Gasteiger partial charge is 0.376 e. The van der Waals surface area contributed by atoms with Gasteiger partial charge in [-0.1, -0.05) is 19.8 Å². The van der Waals surface area contributed by atoms with E-state index in [1.54, 1.807) is 11.3 Å². The predicted molar refractivity (Wildman–Crippen MR) is 61.2 cm³/mol. The third-order valence-electron chi connectivity index (χ3n) is 1.76. The molecule has 0 atom stereocenters. The lowest BCUT2D eigenvalue weighted by Gasteiger charge is -2.00. The fraction of sp³-hybridized carbons (Fsp3) is 0.600. The van der Waals surface area contributed by atoms with Crippen LogP contribution in [0.3, 0.4) is 0 Å². The Morgan fingerprint density at radius 3 is 2.92 bits per heavy atom. The van der Waals surface area contributed by atoms with Crippen molar-refractivity contribution in [3.05, 3.63) is 20.8 Å². The zero-order valence-corrected chi connectivity index (χ0v) is 10.3. The van der Waals surface area contributed by atoms with Crippen molar-refractivity contribution in [3.8, 4) is 0 Å². The second-order valence-electron chi connectivity index (χ2n) is 2.99. The SMILES string of the molecule is CCCCCOCc1cc(Br)cs1. The molecule has 0 bridgehead atoms. The molecular weight excluding hydrogens is 248 g/mol. The van der Waals surface area contributed by atoms with Crippen molar-refractivity contribution < 1.29 is 4.74 Å². The maximum absolute atomic E-state index is 5.52. The number of rotatable bonds is 6. The molecule has 3 heteroatoms. The minimum atomic E-state index is 0.764. The molecule has 0 spiro atoms. The molecule has 0 N–H and O–H groups in total. The summed E-state index contributed by atoms with van der Waals surface area (Å²) >= 11 is 5.16. The van der Waals surface area contributed by atoms with Crippen LogP contribution in [0.1, 0.15) is 31.1 Å². The summed E-state index contributed by atoms with van der Waals surface area (Å²) in [5, 5.41) is 2.09. The van der Waals surface area contributed by atoms with Crippen LogP contribution < -0.4 is 0 Å². The third kappa shape index (κ3) is 4.79. The van der Waals surface area contributed by atoms with E-state index in [9.17, 15) is 0 Å². The van der Waals surface area contributed by atoms with Crippen molar-refractivity contribution in [2.24, 2.45) is 0 Å². The molecule has 0 amide bonds. The molecule has 0 aliphatic carbocycles. The van der Waals surface area contributed by atoms with Crippen LogP contribution in [0.15, 0.2) is 15.9 Å². The first-order valence-corrected chi connectivity index (χ1v) is 6.31. The van der Waals surface area contributed by atoms with Gasteiger partial charge in [0.15, 0.2) is 0 Å². The summed E-state index contributed by atoms with van der Waals surface area (Å²) in [4.78, 5) is 1.29. The van der Waals surface area contributed by atoms with Gasteiger partial charge in [-0.15, -0.1) is 11.3 Å². The number of ether oxygens (including phenoxy) is 1. The van der Waals surface area contributed by atoms with Crippen molar-refractivity contribution in [2.75, 3.05) is 6.61 Å². The number of hydrogen-bond acceptors (Lipinski definition) is 2. The van der Waals surface area contributed by atoms with Crippen molar-refractivity contribution in [1.82, 2.24) is 0 Å². The molecule has 0 aliphatic rings. The molecule has 0 aliphatic heterocycles. The number of hydrogen-bond donors (Lipinski definition) is 0. The predicted octanol–water partition coefficient (Wildman–Crippen LogP) is 4.22.